The van der Waals surface area contributed by atoms with E-state index in [2.05, 4.69) is 15.6 Å². The molecular weight excluding hydrogens is 374 g/mol. The Bertz CT molecular complexity index is 719. The molecule has 0 bridgehead atoms. The molecule has 9 heteroatoms. The average Bonchev–Trinajstić information content (AvgIpc) is 3.14. The van der Waals surface area contributed by atoms with E-state index in [1.807, 2.05) is 13.8 Å². The molecule has 1 saturated heterocycles. The summed E-state index contributed by atoms with van der Waals surface area (Å²) >= 11 is 0. The van der Waals surface area contributed by atoms with Crippen LogP contribution in [0.25, 0.3) is 0 Å². The number of carbonyl (C=O) groups excluding carboxylic acids is 3. The van der Waals surface area contributed by atoms with E-state index >= 15 is 0 Å². The molecule has 9 nitrogen and oxygen atoms in total. The smallest absolute Gasteiger partial charge is 0.408 e. The molecule has 1 aromatic heterocycles. The van der Waals surface area contributed by atoms with Crippen molar-refractivity contribution >= 4 is 23.7 Å². The van der Waals surface area contributed by atoms with Gasteiger partial charge in [-0.15, -0.1) is 0 Å². The van der Waals surface area contributed by atoms with Crippen molar-refractivity contribution in [3.63, 3.8) is 0 Å². The molecule has 0 unspecified atom stereocenters. The second-order valence-corrected chi connectivity index (χ2v) is 8.12. The number of carbonyl (C=O) groups is 3. The molecule has 4 amide bonds. The van der Waals surface area contributed by atoms with E-state index in [1.54, 1.807) is 39.1 Å². The molecule has 0 aliphatic carbocycles. The Kier molecular flexibility index (Phi) is 7.41. The lowest BCUT2D eigenvalue weighted by Gasteiger charge is -2.33. The van der Waals surface area contributed by atoms with Crippen molar-refractivity contribution in [1.29, 1.82) is 0 Å². The predicted molar refractivity (Wildman–Crippen MR) is 109 cm³/mol. The van der Waals surface area contributed by atoms with Gasteiger partial charge in [-0.25, -0.2) is 19.6 Å². The third-order valence-electron chi connectivity index (χ3n) is 4.58. The monoisotopic (exact) mass is 405 g/mol. The summed E-state index contributed by atoms with van der Waals surface area (Å²) in [6.45, 7) is 9.93. The Morgan fingerprint density at radius 2 is 1.93 bits per heavy atom. The first-order valence-corrected chi connectivity index (χ1v) is 9.91. The Hall–Kier alpha value is -2.84. The van der Waals surface area contributed by atoms with Crippen LogP contribution in [0, 0.1) is 5.92 Å². The lowest BCUT2D eigenvalue weighted by Crippen LogP contribution is -2.56. The highest BCUT2D eigenvalue weighted by atomic mass is 16.6. The Morgan fingerprint density at radius 1 is 1.24 bits per heavy atom. The SMILES string of the molecule is CC[C@H](C)[C@H](NC(=O)OC(C)(C)C)C(=O)N1CCCN1C(=O)Nc1cccnc1. The van der Waals surface area contributed by atoms with Crippen LogP contribution >= 0.6 is 0 Å². The van der Waals surface area contributed by atoms with Crippen LogP contribution in [-0.2, 0) is 9.53 Å². The molecule has 2 heterocycles. The number of alkyl carbamates (subject to hydrolysis) is 1. The largest absolute Gasteiger partial charge is 0.444 e. The molecule has 0 radical (unpaired) electrons. The zero-order valence-electron chi connectivity index (χ0n) is 17.8. The van der Waals surface area contributed by atoms with Gasteiger partial charge in [0.25, 0.3) is 5.91 Å². The van der Waals surface area contributed by atoms with Gasteiger partial charge in [0.15, 0.2) is 0 Å². The van der Waals surface area contributed by atoms with Crippen LogP contribution in [0.2, 0.25) is 0 Å². The average molecular weight is 405 g/mol. The summed E-state index contributed by atoms with van der Waals surface area (Å²) in [7, 11) is 0. The fourth-order valence-corrected chi connectivity index (χ4v) is 2.95. The van der Waals surface area contributed by atoms with Crippen molar-refractivity contribution in [3.8, 4) is 0 Å². The molecule has 29 heavy (non-hydrogen) atoms. The summed E-state index contributed by atoms with van der Waals surface area (Å²) in [5.41, 5.74) is -0.127. The first-order valence-electron chi connectivity index (χ1n) is 9.91. The molecule has 2 N–H and O–H groups in total. The summed E-state index contributed by atoms with van der Waals surface area (Å²) in [5, 5.41) is 8.21. The number of pyridine rings is 1. The zero-order chi connectivity index (χ0) is 21.6. The van der Waals surface area contributed by atoms with Gasteiger partial charge < -0.3 is 15.4 Å². The molecule has 1 aromatic rings. The summed E-state index contributed by atoms with van der Waals surface area (Å²) in [6, 6.07) is 2.23. The standard InChI is InChI=1S/C20H31N5O4/c1-6-14(2)16(23-19(28)29-20(3,4)5)17(26)24-11-8-12-25(24)18(27)22-15-9-7-10-21-13-15/h7,9-10,13-14,16H,6,8,11-12H2,1-5H3,(H,22,27)(H,23,28)/t14-,16-/m0/s1. The molecule has 1 fully saturated rings. The molecule has 0 aromatic carbocycles. The van der Waals surface area contributed by atoms with Gasteiger partial charge in [-0.1, -0.05) is 20.3 Å². The number of nitrogens with zero attached hydrogens (tertiary/aromatic N) is 3. The Balaban J connectivity index is 2.11. The van der Waals surface area contributed by atoms with E-state index in [-0.39, 0.29) is 11.8 Å². The minimum atomic E-state index is -0.790. The highest BCUT2D eigenvalue weighted by Gasteiger charge is 2.38. The number of nitrogens with one attached hydrogen (secondary N) is 2. The second kappa shape index (κ2) is 9.58. The highest BCUT2D eigenvalue weighted by molar-refractivity contribution is 5.93. The van der Waals surface area contributed by atoms with E-state index in [1.165, 1.54) is 16.2 Å². The van der Waals surface area contributed by atoms with Gasteiger partial charge in [0.2, 0.25) is 0 Å². The summed E-state index contributed by atoms with van der Waals surface area (Å²) < 4.78 is 5.31. The van der Waals surface area contributed by atoms with Gasteiger partial charge in [0, 0.05) is 19.3 Å². The number of hydrogen-bond donors (Lipinski definition) is 2. The number of aromatic nitrogens is 1. The first kappa shape index (κ1) is 22.4. The number of amides is 4. The van der Waals surface area contributed by atoms with Gasteiger partial charge >= 0.3 is 12.1 Å². The molecule has 0 saturated carbocycles. The Labute approximate surface area is 171 Å². The van der Waals surface area contributed by atoms with Crippen LogP contribution in [0.5, 0.6) is 0 Å². The zero-order valence-corrected chi connectivity index (χ0v) is 17.8. The van der Waals surface area contributed by atoms with Crippen molar-refractivity contribution in [2.24, 2.45) is 5.92 Å². The van der Waals surface area contributed by atoms with Crippen molar-refractivity contribution in [1.82, 2.24) is 20.3 Å². The third-order valence-corrected chi connectivity index (χ3v) is 4.58. The van der Waals surface area contributed by atoms with Gasteiger partial charge in [-0.05, 0) is 45.2 Å². The number of anilines is 1. The van der Waals surface area contributed by atoms with Crippen LogP contribution in [0.4, 0.5) is 15.3 Å². The first-order chi connectivity index (χ1) is 13.6. The Morgan fingerprint density at radius 3 is 2.52 bits per heavy atom. The lowest BCUT2D eigenvalue weighted by atomic mass is 9.98. The topological polar surface area (TPSA) is 104 Å². The second-order valence-electron chi connectivity index (χ2n) is 8.12. The van der Waals surface area contributed by atoms with E-state index in [0.29, 0.717) is 31.6 Å². The summed E-state index contributed by atoms with van der Waals surface area (Å²) in [5.74, 6) is -0.456. The van der Waals surface area contributed by atoms with Crippen molar-refractivity contribution in [3.05, 3.63) is 24.5 Å². The van der Waals surface area contributed by atoms with E-state index in [9.17, 15) is 14.4 Å². The van der Waals surface area contributed by atoms with Crippen molar-refractivity contribution < 1.29 is 19.1 Å². The fourth-order valence-electron chi connectivity index (χ4n) is 2.95. The number of hydrazine groups is 1. The fraction of sp³-hybridized carbons (Fsp3) is 0.600. The van der Waals surface area contributed by atoms with E-state index in [4.69, 9.17) is 4.74 Å². The van der Waals surface area contributed by atoms with Gasteiger partial charge in [0.1, 0.15) is 11.6 Å². The molecule has 0 spiro atoms. The minimum Gasteiger partial charge on any atom is -0.444 e. The summed E-state index contributed by atoms with van der Waals surface area (Å²) in [4.78, 5) is 42.1. The number of hydrogen-bond acceptors (Lipinski definition) is 5. The van der Waals surface area contributed by atoms with Crippen molar-refractivity contribution in [2.45, 2.75) is 59.1 Å². The lowest BCUT2D eigenvalue weighted by molar-refractivity contribution is -0.143. The summed E-state index contributed by atoms with van der Waals surface area (Å²) in [6.07, 6.45) is 3.84. The maximum Gasteiger partial charge on any atom is 0.408 e. The van der Waals surface area contributed by atoms with Gasteiger partial charge in [-0.2, -0.15) is 0 Å². The van der Waals surface area contributed by atoms with Crippen molar-refractivity contribution in [2.75, 3.05) is 18.4 Å². The normalized spacial score (nSPS) is 16.2. The minimum absolute atomic E-state index is 0.126. The molecule has 1 aliphatic heterocycles. The molecule has 160 valence electrons. The van der Waals surface area contributed by atoms with Crippen LogP contribution < -0.4 is 10.6 Å². The van der Waals surface area contributed by atoms with Crippen LogP contribution in [-0.4, -0.2) is 57.8 Å². The van der Waals surface area contributed by atoms with E-state index < -0.39 is 23.8 Å². The third kappa shape index (κ3) is 6.33. The molecule has 2 rings (SSSR count). The predicted octanol–water partition coefficient (Wildman–Crippen LogP) is 3.00. The van der Waals surface area contributed by atoms with Crippen LogP contribution in [0.3, 0.4) is 0 Å². The maximum atomic E-state index is 13.2. The van der Waals surface area contributed by atoms with Gasteiger partial charge in [-0.3, -0.25) is 9.78 Å². The number of ether oxygens (including phenoxy) is 1. The molecule has 1 aliphatic rings. The van der Waals surface area contributed by atoms with Gasteiger partial charge in [0.05, 0.1) is 11.9 Å². The maximum absolute atomic E-state index is 13.2. The van der Waals surface area contributed by atoms with E-state index in [0.717, 1.165) is 0 Å². The molecule has 2 atom stereocenters. The van der Waals surface area contributed by atoms with Crippen LogP contribution in [0.1, 0.15) is 47.5 Å². The van der Waals surface area contributed by atoms with Crippen LogP contribution in [0.15, 0.2) is 24.5 Å². The highest BCUT2D eigenvalue weighted by Crippen LogP contribution is 2.19. The molecular formula is C20H31N5O4. The number of rotatable bonds is 5. The quantitative estimate of drug-likeness (QED) is 0.784. The number of urea groups is 1.